The van der Waals surface area contributed by atoms with Crippen molar-refractivity contribution in [2.75, 3.05) is 19.8 Å². The molecule has 1 fully saturated rings. The van der Waals surface area contributed by atoms with Gasteiger partial charge in [-0.3, -0.25) is 0 Å². The lowest BCUT2D eigenvalue weighted by Gasteiger charge is -2.42. The van der Waals surface area contributed by atoms with Gasteiger partial charge < -0.3 is 15.2 Å². The topological polar surface area (TPSA) is 44.5 Å². The van der Waals surface area contributed by atoms with E-state index in [-0.39, 0.29) is 11.7 Å². The zero-order valence-corrected chi connectivity index (χ0v) is 11.9. The second kappa shape index (κ2) is 6.17. The van der Waals surface area contributed by atoms with E-state index in [2.05, 4.69) is 13.8 Å². The highest BCUT2D eigenvalue weighted by Crippen LogP contribution is 2.41. The van der Waals surface area contributed by atoms with Crippen molar-refractivity contribution in [3.8, 4) is 0 Å². The standard InChI is InChI=1S/C14H29NO2/c1-12(2)16-9-10-17-14(11-15)7-5-13(3,4)6-8-14/h12H,5-11,15H2,1-4H3. The van der Waals surface area contributed by atoms with Crippen LogP contribution in [0.4, 0.5) is 0 Å². The van der Waals surface area contributed by atoms with E-state index in [9.17, 15) is 0 Å². The van der Waals surface area contributed by atoms with Crippen LogP contribution in [0.25, 0.3) is 0 Å². The average molecular weight is 243 g/mol. The predicted octanol–water partition coefficient (Wildman–Crippen LogP) is 2.73. The maximum Gasteiger partial charge on any atom is 0.0805 e. The molecule has 0 amide bonds. The van der Waals surface area contributed by atoms with Crippen molar-refractivity contribution in [2.24, 2.45) is 11.1 Å². The van der Waals surface area contributed by atoms with E-state index in [0.29, 0.717) is 25.2 Å². The first kappa shape index (κ1) is 14.9. The van der Waals surface area contributed by atoms with Crippen molar-refractivity contribution in [1.82, 2.24) is 0 Å². The van der Waals surface area contributed by atoms with Crippen molar-refractivity contribution in [3.63, 3.8) is 0 Å². The maximum atomic E-state index is 6.01. The van der Waals surface area contributed by atoms with Crippen molar-refractivity contribution in [3.05, 3.63) is 0 Å². The molecule has 1 rings (SSSR count). The molecule has 0 bridgehead atoms. The Hall–Kier alpha value is -0.120. The summed E-state index contributed by atoms with van der Waals surface area (Å²) in [6.07, 6.45) is 4.85. The van der Waals surface area contributed by atoms with Crippen LogP contribution in [-0.4, -0.2) is 31.5 Å². The molecule has 0 radical (unpaired) electrons. The monoisotopic (exact) mass is 243 g/mol. The number of hydrogen-bond acceptors (Lipinski definition) is 3. The summed E-state index contributed by atoms with van der Waals surface area (Å²) in [6, 6.07) is 0. The smallest absolute Gasteiger partial charge is 0.0805 e. The van der Waals surface area contributed by atoms with Crippen LogP contribution in [0.3, 0.4) is 0 Å². The van der Waals surface area contributed by atoms with Gasteiger partial charge in [0.2, 0.25) is 0 Å². The normalized spacial score (nSPS) is 22.9. The van der Waals surface area contributed by atoms with Crippen LogP contribution in [0.1, 0.15) is 53.4 Å². The zero-order valence-electron chi connectivity index (χ0n) is 11.9. The van der Waals surface area contributed by atoms with Crippen molar-refractivity contribution in [1.29, 1.82) is 0 Å². The highest BCUT2D eigenvalue weighted by molar-refractivity contribution is 4.91. The number of rotatable bonds is 6. The summed E-state index contributed by atoms with van der Waals surface area (Å²) >= 11 is 0. The quantitative estimate of drug-likeness (QED) is 0.730. The second-order valence-electron chi connectivity index (χ2n) is 6.32. The van der Waals surface area contributed by atoms with E-state index in [0.717, 1.165) is 12.8 Å². The summed E-state index contributed by atoms with van der Waals surface area (Å²) < 4.78 is 11.5. The third kappa shape index (κ3) is 4.94. The Bertz CT molecular complexity index is 216. The molecule has 102 valence electrons. The minimum atomic E-state index is -0.0874. The Balaban J connectivity index is 2.32. The fraction of sp³-hybridized carbons (Fsp3) is 1.00. The van der Waals surface area contributed by atoms with Crippen LogP contribution in [0.15, 0.2) is 0 Å². The van der Waals surface area contributed by atoms with E-state index in [1.54, 1.807) is 0 Å². The van der Waals surface area contributed by atoms with Gasteiger partial charge in [0, 0.05) is 6.54 Å². The first-order valence-corrected chi connectivity index (χ1v) is 6.85. The molecule has 17 heavy (non-hydrogen) atoms. The fourth-order valence-electron chi connectivity index (χ4n) is 2.33. The third-order valence-electron chi connectivity index (χ3n) is 3.83. The molecule has 3 heteroatoms. The number of hydrogen-bond donors (Lipinski definition) is 1. The van der Waals surface area contributed by atoms with Gasteiger partial charge in [0.15, 0.2) is 0 Å². The lowest BCUT2D eigenvalue weighted by Crippen LogP contribution is -2.46. The number of nitrogens with two attached hydrogens (primary N) is 1. The molecule has 0 aromatic heterocycles. The molecule has 1 aliphatic carbocycles. The Kier molecular flexibility index (Phi) is 5.42. The summed E-state index contributed by atoms with van der Waals surface area (Å²) in [7, 11) is 0. The average Bonchev–Trinajstić information content (AvgIpc) is 2.27. The summed E-state index contributed by atoms with van der Waals surface area (Å²) in [5.41, 5.74) is 6.27. The summed E-state index contributed by atoms with van der Waals surface area (Å²) in [5.74, 6) is 0. The molecule has 0 spiro atoms. The van der Waals surface area contributed by atoms with Crippen LogP contribution < -0.4 is 5.73 Å². The van der Waals surface area contributed by atoms with E-state index >= 15 is 0 Å². The largest absolute Gasteiger partial charge is 0.376 e. The van der Waals surface area contributed by atoms with Gasteiger partial charge >= 0.3 is 0 Å². The lowest BCUT2D eigenvalue weighted by molar-refractivity contribution is -0.101. The summed E-state index contributed by atoms with van der Waals surface area (Å²) in [4.78, 5) is 0. The van der Waals surface area contributed by atoms with Gasteiger partial charge in [-0.2, -0.15) is 0 Å². The van der Waals surface area contributed by atoms with Gasteiger partial charge in [0.05, 0.1) is 24.9 Å². The zero-order chi connectivity index (χ0) is 12.9. The van der Waals surface area contributed by atoms with Gasteiger partial charge in [-0.05, 0) is 44.9 Å². The number of ether oxygens (including phenoxy) is 2. The van der Waals surface area contributed by atoms with Gasteiger partial charge in [-0.15, -0.1) is 0 Å². The van der Waals surface area contributed by atoms with Crippen LogP contribution in [0.2, 0.25) is 0 Å². The van der Waals surface area contributed by atoms with Crippen LogP contribution in [-0.2, 0) is 9.47 Å². The molecule has 3 nitrogen and oxygen atoms in total. The Morgan fingerprint density at radius 3 is 2.12 bits per heavy atom. The Morgan fingerprint density at radius 2 is 1.65 bits per heavy atom. The van der Waals surface area contributed by atoms with Gasteiger partial charge in [0.1, 0.15) is 0 Å². The molecule has 0 saturated heterocycles. The molecule has 1 saturated carbocycles. The van der Waals surface area contributed by atoms with Gasteiger partial charge in [-0.25, -0.2) is 0 Å². The Morgan fingerprint density at radius 1 is 1.06 bits per heavy atom. The molecule has 1 aliphatic rings. The SMILES string of the molecule is CC(C)OCCOC1(CN)CCC(C)(C)CC1. The maximum absolute atomic E-state index is 6.01. The van der Waals surface area contributed by atoms with Gasteiger partial charge in [-0.1, -0.05) is 13.8 Å². The lowest BCUT2D eigenvalue weighted by atomic mass is 9.71. The van der Waals surface area contributed by atoms with Crippen LogP contribution in [0, 0.1) is 5.41 Å². The van der Waals surface area contributed by atoms with E-state index < -0.39 is 0 Å². The summed E-state index contributed by atoms with van der Waals surface area (Å²) in [6.45, 7) is 10.7. The molecular weight excluding hydrogens is 214 g/mol. The highest BCUT2D eigenvalue weighted by atomic mass is 16.5. The summed E-state index contributed by atoms with van der Waals surface area (Å²) in [5, 5.41) is 0. The van der Waals surface area contributed by atoms with E-state index in [1.165, 1.54) is 12.8 Å². The van der Waals surface area contributed by atoms with Crippen molar-refractivity contribution < 1.29 is 9.47 Å². The molecule has 2 N–H and O–H groups in total. The van der Waals surface area contributed by atoms with Crippen LogP contribution >= 0.6 is 0 Å². The minimum Gasteiger partial charge on any atom is -0.376 e. The fourth-order valence-corrected chi connectivity index (χ4v) is 2.33. The molecular formula is C14H29NO2. The van der Waals surface area contributed by atoms with E-state index in [1.807, 2.05) is 13.8 Å². The molecule has 0 aromatic rings. The molecule has 0 aliphatic heterocycles. The first-order chi connectivity index (χ1) is 7.89. The molecule has 0 heterocycles. The minimum absolute atomic E-state index is 0.0874. The molecule has 0 aromatic carbocycles. The van der Waals surface area contributed by atoms with Crippen molar-refractivity contribution >= 4 is 0 Å². The van der Waals surface area contributed by atoms with E-state index in [4.69, 9.17) is 15.2 Å². The van der Waals surface area contributed by atoms with Crippen molar-refractivity contribution in [2.45, 2.75) is 65.1 Å². The molecule has 0 atom stereocenters. The second-order valence-corrected chi connectivity index (χ2v) is 6.32. The predicted molar refractivity (Wildman–Crippen MR) is 71.1 cm³/mol. The third-order valence-corrected chi connectivity index (χ3v) is 3.83. The molecule has 0 unspecified atom stereocenters. The van der Waals surface area contributed by atoms with Crippen LogP contribution in [0.5, 0.6) is 0 Å². The Labute approximate surface area is 106 Å². The van der Waals surface area contributed by atoms with Gasteiger partial charge in [0.25, 0.3) is 0 Å². The first-order valence-electron chi connectivity index (χ1n) is 6.85. The highest BCUT2D eigenvalue weighted by Gasteiger charge is 2.38.